The van der Waals surface area contributed by atoms with Gasteiger partial charge in [0, 0.05) is 30.6 Å². The Balaban J connectivity index is 0.00000312. The molecule has 144 valence electrons. The fraction of sp³-hybridized carbons (Fsp3) is 0.333. The van der Waals surface area contributed by atoms with Crippen molar-refractivity contribution in [2.75, 3.05) is 12.4 Å². The van der Waals surface area contributed by atoms with Gasteiger partial charge in [0.25, 0.3) is 0 Å². The normalized spacial score (nSPS) is 10.2. The van der Waals surface area contributed by atoms with Gasteiger partial charge >= 0.3 is 0 Å². The van der Waals surface area contributed by atoms with Crippen LogP contribution in [0.5, 0.6) is 11.5 Å². The van der Waals surface area contributed by atoms with E-state index in [-0.39, 0.29) is 41.9 Å². The molecule has 0 fully saturated rings. The zero-order chi connectivity index (χ0) is 17.7. The summed E-state index contributed by atoms with van der Waals surface area (Å²) >= 11 is 0. The maximum absolute atomic E-state index is 10.5. The van der Waals surface area contributed by atoms with E-state index in [0.717, 1.165) is 11.1 Å². The third-order valence-corrected chi connectivity index (χ3v) is 3.58. The highest BCUT2D eigenvalue weighted by Gasteiger charge is 2.22. The quantitative estimate of drug-likeness (QED) is 0.352. The molecule has 0 aliphatic carbocycles. The van der Waals surface area contributed by atoms with Crippen LogP contribution in [0, 0.1) is 5.41 Å². The molecule has 0 radical (unpaired) electrons. The predicted octanol–water partition coefficient (Wildman–Crippen LogP) is 4.07. The Bertz CT molecular complexity index is 719. The molecule has 0 atom stereocenters. The fourth-order valence-corrected chi connectivity index (χ4v) is 2.26. The van der Waals surface area contributed by atoms with E-state index in [4.69, 9.17) is 10.1 Å². The second kappa shape index (κ2) is 10.1. The first-order valence-electron chi connectivity index (χ1n) is 7.71. The van der Waals surface area contributed by atoms with Crippen LogP contribution < -0.4 is 15.4 Å². The molecule has 0 aliphatic rings. The standard InChI is InChI=1S/C18H24N4O2.2ClH/c1-18(2,3)14-8-13(24-4)9-15(16(14)23)22-17(19)21-11-12-6-5-7-20-10-12;;/h5-10,23H,11H2,1-4H3,(H3,19,21,22);2*1H. The van der Waals surface area contributed by atoms with Gasteiger partial charge in [0.2, 0.25) is 0 Å². The Morgan fingerprint density at radius 1 is 1.27 bits per heavy atom. The number of anilines is 1. The number of phenols is 1. The predicted molar refractivity (Wildman–Crippen MR) is 110 cm³/mol. The van der Waals surface area contributed by atoms with Crippen LogP contribution in [0.3, 0.4) is 0 Å². The molecule has 0 aliphatic heterocycles. The molecule has 4 N–H and O–H groups in total. The maximum Gasteiger partial charge on any atom is 0.193 e. The summed E-state index contributed by atoms with van der Waals surface area (Å²) in [6.07, 6.45) is 3.44. The number of aromatic nitrogens is 1. The van der Waals surface area contributed by atoms with Crippen molar-refractivity contribution in [1.82, 2.24) is 10.3 Å². The van der Waals surface area contributed by atoms with Crippen molar-refractivity contribution < 1.29 is 9.84 Å². The molecule has 0 saturated heterocycles. The summed E-state index contributed by atoms with van der Waals surface area (Å²) in [6, 6.07) is 7.25. The van der Waals surface area contributed by atoms with Crippen molar-refractivity contribution in [1.29, 1.82) is 5.41 Å². The van der Waals surface area contributed by atoms with Gasteiger partial charge in [0.15, 0.2) is 5.96 Å². The molecule has 8 heteroatoms. The number of phenolic OH excluding ortho intramolecular Hbond substituents is 1. The van der Waals surface area contributed by atoms with Crippen LogP contribution in [0.15, 0.2) is 36.7 Å². The third-order valence-electron chi connectivity index (χ3n) is 3.58. The smallest absolute Gasteiger partial charge is 0.193 e. The van der Waals surface area contributed by atoms with E-state index in [1.807, 2.05) is 39.0 Å². The summed E-state index contributed by atoms with van der Waals surface area (Å²) in [5.74, 6) is 0.832. The first-order chi connectivity index (χ1) is 11.3. The molecule has 1 aromatic carbocycles. The first kappa shape index (κ1) is 23.8. The highest BCUT2D eigenvalue weighted by molar-refractivity contribution is 5.93. The number of hydrogen-bond donors (Lipinski definition) is 4. The number of halogens is 2. The van der Waals surface area contributed by atoms with Gasteiger partial charge in [-0.1, -0.05) is 26.8 Å². The number of rotatable bonds is 4. The van der Waals surface area contributed by atoms with Crippen molar-refractivity contribution in [3.05, 3.63) is 47.8 Å². The number of pyridine rings is 1. The minimum Gasteiger partial charge on any atom is -0.505 e. The minimum atomic E-state index is -0.250. The summed E-state index contributed by atoms with van der Waals surface area (Å²) in [7, 11) is 1.58. The molecule has 0 bridgehead atoms. The number of methoxy groups -OCH3 is 1. The van der Waals surface area contributed by atoms with E-state index in [1.54, 1.807) is 25.6 Å². The Morgan fingerprint density at radius 3 is 2.50 bits per heavy atom. The number of nitrogens with one attached hydrogen (secondary N) is 3. The molecule has 2 rings (SSSR count). The minimum absolute atomic E-state index is 0. The van der Waals surface area contributed by atoms with Crippen LogP contribution in [0.4, 0.5) is 5.69 Å². The van der Waals surface area contributed by atoms with Gasteiger partial charge in [-0.15, -0.1) is 24.8 Å². The summed E-state index contributed by atoms with van der Waals surface area (Å²) in [4.78, 5) is 4.03. The monoisotopic (exact) mass is 400 g/mol. The largest absolute Gasteiger partial charge is 0.505 e. The summed E-state index contributed by atoms with van der Waals surface area (Å²) in [6.45, 7) is 6.50. The van der Waals surface area contributed by atoms with Crippen LogP contribution in [-0.2, 0) is 12.0 Å². The van der Waals surface area contributed by atoms with Crippen LogP contribution in [-0.4, -0.2) is 23.2 Å². The van der Waals surface area contributed by atoms with Crippen molar-refractivity contribution in [3.8, 4) is 11.5 Å². The molecule has 26 heavy (non-hydrogen) atoms. The molecule has 0 saturated carbocycles. The molecule has 0 spiro atoms. The Morgan fingerprint density at radius 2 is 1.96 bits per heavy atom. The van der Waals surface area contributed by atoms with E-state index in [1.165, 1.54) is 0 Å². The molecule has 6 nitrogen and oxygen atoms in total. The number of hydrogen-bond acceptors (Lipinski definition) is 4. The summed E-state index contributed by atoms with van der Waals surface area (Å²) in [5, 5.41) is 24.4. The van der Waals surface area contributed by atoms with Crippen molar-refractivity contribution >= 4 is 36.5 Å². The van der Waals surface area contributed by atoms with Gasteiger partial charge in [-0.3, -0.25) is 10.4 Å². The van der Waals surface area contributed by atoms with Crippen LogP contribution in [0.25, 0.3) is 0 Å². The molecular weight excluding hydrogens is 375 g/mol. The van der Waals surface area contributed by atoms with Gasteiger partial charge in [-0.05, 0) is 23.1 Å². The highest BCUT2D eigenvalue weighted by atomic mass is 35.5. The molecule has 0 unspecified atom stereocenters. The van der Waals surface area contributed by atoms with Gasteiger partial charge in [-0.25, -0.2) is 0 Å². The zero-order valence-corrected chi connectivity index (χ0v) is 16.9. The highest BCUT2D eigenvalue weighted by Crippen LogP contribution is 2.39. The Hall–Kier alpha value is -2.18. The molecule has 2 aromatic rings. The van der Waals surface area contributed by atoms with E-state index in [0.29, 0.717) is 18.0 Å². The van der Waals surface area contributed by atoms with Crippen LogP contribution >= 0.6 is 24.8 Å². The lowest BCUT2D eigenvalue weighted by Crippen LogP contribution is -2.29. The number of aromatic hydroxyl groups is 1. The van der Waals surface area contributed by atoms with Gasteiger partial charge in [-0.2, -0.15) is 0 Å². The molecule has 0 amide bonds. The molecular formula is C18H26Cl2N4O2. The topological polar surface area (TPSA) is 90.3 Å². The average Bonchev–Trinajstić information content (AvgIpc) is 2.54. The van der Waals surface area contributed by atoms with E-state index in [2.05, 4.69) is 15.6 Å². The summed E-state index contributed by atoms with van der Waals surface area (Å²) in [5.41, 5.74) is 1.90. The fourth-order valence-electron chi connectivity index (χ4n) is 2.26. The third kappa shape index (κ3) is 6.28. The Labute approximate surface area is 166 Å². The van der Waals surface area contributed by atoms with Crippen molar-refractivity contribution in [2.24, 2.45) is 0 Å². The molecule has 1 heterocycles. The lowest BCUT2D eigenvalue weighted by atomic mass is 9.86. The number of ether oxygens (including phenoxy) is 1. The number of benzene rings is 1. The second-order valence-corrected chi connectivity index (χ2v) is 6.54. The van der Waals surface area contributed by atoms with E-state index in [9.17, 15) is 5.11 Å². The van der Waals surface area contributed by atoms with Crippen molar-refractivity contribution in [2.45, 2.75) is 32.7 Å². The van der Waals surface area contributed by atoms with Gasteiger partial charge < -0.3 is 20.5 Å². The van der Waals surface area contributed by atoms with E-state index < -0.39 is 0 Å². The Kier molecular flexibility index (Phi) is 9.24. The first-order valence-corrected chi connectivity index (χ1v) is 7.71. The van der Waals surface area contributed by atoms with Crippen LogP contribution in [0.2, 0.25) is 0 Å². The van der Waals surface area contributed by atoms with Gasteiger partial charge in [0.05, 0.1) is 12.8 Å². The van der Waals surface area contributed by atoms with Crippen molar-refractivity contribution in [3.63, 3.8) is 0 Å². The SMILES string of the molecule is COc1cc(NC(=N)NCc2cccnc2)c(O)c(C(C)(C)C)c1.Cl.Cl. The number of guanidine groups is 1. The molecule has 1 aromatic heterocycles. The lowest BCUT2D eigenvalue weighted by molar-refractivity contribution is 0.406. The van der Waals surface area contributed by atoms with E-state index >= 15 is 0 Å². The average molecular weight is 401 g/mol. The second-order valence-electron chi connectivity index (χ2n) is 6.54. The van der Waals surface area contributed by atoms with Gasteiger partial charge in [0.1, 0.15) is 11.5 Å². The number of nitrogens with zero attached hydrogens (tertiary/aromatic N) is 1. The maximum atomic E-state index is 10.5. The zero-order valence-electron chi connectivity index (χ0n) is 15.3. The van der Waals surface area contributed by atoms with Crippen LogP contribution in [0.1, 0.15) is 31.9 Å². The summed E-state index contributed by atoms with van der Waals surface area (Å²) < 4.78 is 5.31. The lowest BCUT2D eigenvalue weighted by Gasteiger charge is -2.23.